The molecule has 25 heavy (non-hydrogen) atoms. The molecule has 0 aliphatic heterocycles. The molecule has 0 aromatic heterocycles. The summed E-state index contributed by atoms with van der Waals surface area (Å²) in [5.41, 5.74) is 6.60. The number of anilines is 1. The largest absolute Gasteiger partial charge is 0.382 e. The van der Waals surface area contributed by atoms with Gasteiger partial charge in [-0.05, 0) is 30.5 Å². The molecule has 1 aliphatic carbocycles. The lowest BCUT2D eigenvalue weighted by molar-refractivity contribution is -0.125. The van der Waals surface area contributed by atoms with E-state index < -0.39 is 11.9 Å². The predicted molar refractivity (Wildman–Crippen MR) is 96.3 cm³/mol. The van der Waals surface area contributed by atoms with Crippen molar-refractivity contribution in [2.24, 2.45) is 11.7 Å². The van der Waals surface area contributed by atoms with Crippen LogP contribution in [0.3, 0.4) is 0 Å². The Labute approximate surface area is 148 Å². The van der Waals surface area contributed by atoms with E-state index in [2.05, 4.69) is 16.7 Å². The van der Waals surface area contributed by atoms with Crippen molar-refractivity contribution in [1.82, 2.24) is 5.32 Å². The van der Waals surface area contributed by atoms with Gasteiger partial charge in [-0.3, -0.25) is 9.59 Å². The first-order valence-electron chi connectivity index (χ1n) is 8.75. The molecule has 1 aromatic rings. The number of amides is 2. The normalized spacial score (nSPS) is 15.8. The molecule has 4 N–H and O–H groups in total. The van der Waals surface area contributed by atoms with Crippen molar-refractivity contribution in [2.45, 2.75) is 44.6 Å². The average Bonchev–Trinajstić information content (AvgIpc) is 2.64. The fourth-order valence-electron chi connectivity index (χ4n) is 3.07. The Morgan fingerprint density at radius 2 is 2.08 bits per heavy atom. The van der Waals surface area contributed by atoms with Gasteiger partial charge in [0.25, 0.3) is 0 Å². The Balaban J connectivity index is 1.80. The second kappa shape index (κ2) is 9.67. The number of benzene rings is 1. The first-order valence-corrected chi connectivity index (χ1v) is 8.75. The summed E-state index contributed by atoms with van der Waals surface area (Å²) < 4.78 is 0. The summed E-state index contributed by atoms with van der Waals surface area (Å²) in [5, 5.41) is 14.6. The van der Waals surface area contributed by atoms with Gasteiger partial charge in [-0.25, -0.2) is 0 Å². The van der Waals surface area contributed by atoms with Gasteiger partial charge in [-0.15, -0.1) is 0 Å². The monoisotopic (exact) mass is 341 g/mol. The molecule has 1 saturated carbocycles. The Kier molecular flexibility index (Phi) is 7.27. The van der Waals surface area contributed by atoms with E-state index in [0.717, 1.165) is 6.42 Å². The minimum atomic E-state index is -0.805. The lowest BCUT2D eigenvalue weighted by Crippen LogP contribution is -2.48. The predicted octanol–water partition coefficient (Wildman–Crippen LogP) is 2.11. The highest BCUT2D eigenvalue weighted by Crippen LogP contribution is 2.26. The molecule has 1 radical (unpaired) electrons. The third-order valence-electron chi connectivity index (χ3n) is 4.52. The number of nitrogens with zero attached hydrogens (tertiary/aromatic N) is 1. The molecule has 6 heteroatoms. The van der Waals surface area contributed by atoms with Crippen molar-refractivity contribution in [3.63, 3.8) is 0 Å². The van der Waals surface area contributed by atoms with E-state index in [1.807, 2.05) is 0 Å². The third-order valence-corrected chi connectivity index (χ3v) is 4.52. The maximum absolute atomic E-state index is 12.1. The topological polar surface area (TPSA) is 108 Å². The van der Waals surface area contributed by atoms with Crippen molar-refractivity contribution < 1.29 is 9.59 Å². The van der Waals surface area contributed by atoms with Gasteiger partial charge in [-0.2, -0.15) is 5.26 Å². The first-order chi connectivity index (χ1) is 12.1. The van der Waals surface area contributed by atoms with Crippen LogP contribution in [-0.4, -0.2) is 24.4 Å². The quantitative estimate of drug-likeness (QED) is 0.673. The molecule has 133 valence electrons. The van der Waals surface area contributed by atoms with Crippen molar-refractivity contribution in [1.29, 1.82) is 5.26 Å². The van der Waals surface area contributed by atoms with E-state index in [4.69, 9.17) is 11.0 Å². The number of hydrogen-bond acceptors (Lipinski definition) is 4. The van der Waals surface area contributed by atoms with Crippen LogP contribution in [0.2, 0.25) is 0 Å². The Morgan fingerprint density at radius 1 is 1.32 bits per heavy atom. The van der Waals surface area contributed by atoms with E-state index in [1.165, 1.54) is 32.1 Å². The highest BCUT2D eigenvalue weighted by molar-refractivity contribution is 5.90. The lowest BCUT2D eigenvalue weighted by Gasteiger charge is -2.21. The molecule has 0 heterocycles. The lowest BCUT2D eigenvalue weighted by atomic mass is 9.86. The van der Waals surface area contributed by atoms with Crippen LogP contribution in [0.25, 0.3) is 0 Å². The zero-order valence-electron chi connectivity index (χ0n) is 14.3. The van der Waals surface area contributed by atoms with E-state index >= 15 is 0 Å². The van der Waals surface area contributed by atoms with E-state index in [-0.39, 0.29) is 12.5 Å². The van der Waals surface area contributed by atoms with Crippen molar-refractivity contribution in [3.8, 4) is 6.07 Å². The summed E-state index contributed by atoms with van der Waals surface area (Å²) in [7, 11) is 0. The molecule has 1 fully saturated rings. The summed E-state index contributed by atoms with van der Waals surface area (Å²) in [5.74, 6) is -0.288. The second-order valence-electron chi connectivity index (χ2n) is 6.48. The van der Waals surface area contributed by atoms with Crippen LogP contribution < -0.4 is 16.4 Å². The van der Waals surface area contributed by atoms with Crippen LogP contribution >= 0.6 is 0 Å². The summed E-state index contributed by atoms with van der Waals surface area (Å²) in [6.07, 6.45) is 8.45. The molecular weight excluding hydrogens is 316 g/mol. The molecule has 0 bridgehead atoms. The molecule has 0 saturated heterocycles. The van der Waals surface area contributed by atoms with E-state index in [1.54, 1.807) is 30.7 Å². The van der Waals surface area contributed by atoms with Gasteiger partial charge in [0.2, 0.25) is 11.8 Å². The summed E-state index contributed by atoms with van der Waals surface area (Å²) in [4.78, 5) is 23.7. The minimum absolute atomic E-state index is 0.174. The van der Waals surface area contributed by atoms with E-state index in [9.17, 15) is 9.59 Å². The summed E-state index contributed by atoms with van der Waals surface area (Å²) >= 11 is 0. The molecular formula is C19H25N4O2. The van der Waals surface area contributed by atoms with Crippen molar-refractivity contribution in [2.75, 3.05) is 11.9 Å². The molecule has 1 aromatic carbocycles. The maximum Gasteiger partial charge on any atom is 0.241 e. The van der Waals surface area contributed by atoms with Gasteiger partial charge in [0.15, 0.2) is 0 Å². The van der Waals surface area contributed by atoms with Gasteiger partial charge in [0, 0.05) is 18.7 Å². The van der Waals surface area contributed by atoms with Gasteiger partial charge in [0.05, 0.1) is 11.6 Å². The van der Waals surface area contributed by atoms with Crippen LogP contribution in [0.15, 0.2) is 24.3 Å². The van der Waals surface area contributed by atoms with Crippen LogP contribution in [0.4, 0.5) is 5.69 Å². The summed E-state index contributed by atoms with van der Waals surface area (Å²) in [6.45, 7) is 0.174. The molecule has 6 nitrogen and oxygen atoms in total. The maximum atomic E-state index is 12.1. The standard InChI is InChI=1S/C19H25N4O2/c20-12-15-7-4-8-16(11-15)22-13-17(19(21)25)23-18(24)10-9-14-5-2-1-3-6-14/h4,7-8,10-11,14,17,22H,1-3,5-6,9,13H2,(H2,21,25)(H,23,24). The number of nitrogens with two attached hydrogens (primary N) is 1. The number of carbonyl (C=O) groups is 2. The van der Waals surface area contributed by atoms with Crippen molar-refractivity contribution >= 4 is 17.5 Å². The highest BCUT2D eigenvalue weighted by atomic mass is 16.2. The molecule has 1 unspecified atom stereocenters. The summed E-state index contributed by atoms with van der Waals surface area (Å²) in [6, 6.07) is 8.15. The average molecular weight is 341 g/mol. The molecule has 1 atom stereocenters. The fourth-order valence-corrected chi connectivity index (χ4v) is 3.07. The number of nitriles is 1. The minimum Gasteiger partial charge on any atom is -0.382 e. The fraction of sp³-hybridized carbons (Fsp3) is 0.474. The number of nitrogens with one attached hydrogen (secondary N) is 2. The van der Waals surface area contributed by atoms with Crippen LogP contribution in [-0.2, 0) is 9.59 Å². The third kappa shape index (κ3) is 6.46. The van der Waals surface area contributed by atoms with Crippen molar-refractivity contribution in [3.05, 3.63) is 36.2 Å². The first kappa shape index (κ1) is 18.8. The second-order valence-corrected chi connectivity index (χ2v) is 6.48. The zero-order valence-corrected chi connectivity index (χ0v) is 14.3. The smallest absolute Gasteiger partial charge is 0.241 e. The number of primary amides is 1. The van der Waals surface area contributed by atoms with E-state index in [0.29, 0.717) is 17.2 Å². The van der Waals surface area contributed by atoms with Crippen LogP contribution in [0.1, 0.15) is 44.1 Å². The van der Waals surface area contributed by atoms with Crippen LogP contribution in [0, 0.1) is 23.7 Å². The number of rotatable bonds is 8. The highest BCUT2D eigenvalue weighted by Gasteiger charge is 2.20. The van der Waals surface area contributed by atoms with Gasteiger partial charge in [-0.1, -0.05) is 38.2 Å². The SMILES string of the molecule is N#Cc1cccc(NCC(NC(=O)[CH]CC2CCCCC2)C(N)=O)c1. The number of hydrogen-bond donors (Lipinski definition) is 3. The Morgan fingerprint density at radius 3 is 2.76 bits per heavy atom. The molecule has 1 aliphatic rings. The molecule has 2 amide bonds. The Hall–Kier alpha value is -2.55. The van der Waals surface area contributed by atoms with Gasteiger partial charge in [0.1, 0.15) is 6.04 Å². The van der Waals surface area contributed by atoms with Gasteiger partial charge >= 0.3 is 0 Å². The Bertz CT molecular complexity index is 633. The molecule has 0 spiro atoms. The zero-order chi connectivity index (χ0) is 18.1. The molecule has 2 rings (SSSR count). The van der Waals surface area contributed by atoms with Gasteiger partial charge < -0.3 is 16.4 Å². The number of carbonyl (C=O) groups excluding carboxylic acids is 2. The van der Waals surface area contributed by atoms with Crippen LogP contribution in [0.5, 0.6) is 0 Å².